The number of hydrogen-bond donors (Lipinski definition) is 4. The minimum Gasteiger partial charge on any atom is -0.744 e. The average molecular weight is 1090 g/mol. The predicted molar refractivity (Wildman–Crippen MR) is 278 cm³/mol. The first kappa shape index (κ1) is 55.7. The van der Waals surface area contributed by atoms with Crippen molar-refractivity contribution in [3.63, 3.8) is 0 Å². The van der Waals surface area contributed by atoms with E-state index in [2.05, 4.69) is 17.2 Å². The van der Waals surface area contributed by atoms with Crippen molar-refractivity contribution in [3.8, 4) is 11.8 Å². The van der Waals surface area contributed by atoms with E-state index in [1.165, 1.54) is 36.4 Å². The Morgan fingerprint density at radius 2 is 1.39 bits per heavy atom. The Morgan fingerprint density at radius 3 is 2.09 bits per heavy atom. The number of nitrogens with one attached hydrogen (secondary N) is 1. The zero-order valence-electron chi connectivity index (χ0n) is 41.0. The van der Waals surface area contributed by atoms with Crippen LogP contribution in [0.3, 0.4) is 0 Å². The number of rotatable bonds is 21. The van der Waals surface area contributed by atoms with Gasteiger partial charge in [0.25, 0.3) is 30.4 Å². The standard InChI is InChI=1S/C52H58N4O14S4/c1-51(2)42-34-40(73(65,66)67)23-25-45(42)54(30-12-32-71(59,60)61)47(51)18-11-19-48-52(3,43-35-41(74(68,69)70)24-26-46(43)55(48)31-13-33-72(62,63)64)28-10-4-5-20-49(57)53-29-27-50(58)56-36-39-16-7-6-14-37(39)21-22-38-15-8-9-17-44(38)56/h6-9,11,14-19,23-26,34-35H,4-5,10,12-13,20,27-33,36H2,1-3H3,(H4-,53,57,59,60,61,62,63,64,65,66,67,68,69,70). The van der Waals surface area contributed by atoms with Crippen molar-refractivity contribution in [1.82, 2.24) is 5.32 Å². The molecule has 3 aliphatic rings. The number of anilines is 2. The van der Waals surface area contributed by atoms with Crippen molar-refractivity contribution in [3.05, 3.63) is 137 Å². The molecular weight excluding hydrogens is 1030 g/mol. The molecule has 18 nitrogen and oxygen atoms in total. The van der Waals surface area contributed by atoms with E-state index in [9.17, 15) is 61.5 Å². The number of carbonyl (C=O) groups is 2. The third kappa shape index (κ3) is 13.1. The van der Waals surface area contributed by atoms with E-state index in [1.54, 1.807) is 32.6 Å². The minimum absolute atomic E-state index is 0.0194. The SMILES string of the molecule is CC1(C)C(C=CC=C2N(CCCS(=O)(=O)O)c3ccc(S(=O)(=O)[O-])cc3C2(C)CCCCCC(=O)NCCC(=O)N2Cc3ccccc3C#Cc3ccccc32)=[N+](CCCS(=O)(=O)O)c2ccc(S(=O)(=O)O)cc21. The van der Waals surface area contributed by atoms with Gasteiger partial charge in [0.05, 0.1) is 38.9 Å². The highest BCUT2D eigenvalue weighted by atomic mass is 32.2. The van der Waals surface area contributed by atoms with Gasteiger partial charge >= 0.3 is 0 Å². The lowest BCUT2D eigenvalue weighted by molar-refractivity contribution is -0.437. The maximum Gasteiger partial charge on any atom is 0.294 e. The molecule has 4 N–H and O–H groups in total. The van der Waals surface area contributed by atoms with E-state index < -0.39 is 67.7 Å². The van der Waals surface area contributed by atoms with Crippen LogP contribution in [-0.4, -0.2) is 105 Å². The summed E-state index contributed by atoms with van der Waals surface area (Å²) in [6.45, 7) is 6.01. The Balaban J connectivity index is 1.11. The van der Waals surface area contributed by atoms with Crippen LogP contribution in [0.15, 0.2) is 119 Å². The summed E-state index contributed by atoms with van der Waals surface area (Å²) < 4.78 is 140. The molecule has 1 atom stereocenters. The summed E-state index contributed by atoms with van der Waals surface area (Å²) in [7, 11) is -18.3. The lowest BCUT2D eigenvalue weighted by Gasteiger charge is -2.30. The highest BCUT2D eigenvalue weighted by Crippen LogP contribution is 2.52. The fraction of sp³-hybridized carbons (Fsp3) is 0.365. The minimum atomic E-state index is -4.94. The molecule has 74 heavy (non-hydrogen) atoms. The molecule has 7 rings (SSSR count). The summed E-state index contributed by atoms with van der Waals surface area (Å²) in [5.74, 6) is 4.78. The molecule has 394 valence electrons. The number of allylic oxidation sites excluding steroid dienone is 4. The number of nitrogens with zero attached hydrogens (tertiary/aromatic N) is 3. The smallest absolute Gasteiger partial charge is 0.294 e. The first-order valence-corrected chi connectivity index (χ1v) is 29.9. The maximum atomic E-state index is 13.7. The second-order valence-electron chi connectivity index (χ2n) is 19.2. The number of hydrogen-bond acceptors (Lipinski definition) is 12. The normalized spacial score (nSPS) is 17.8. The summed E-state index contributed by atoms with van der Waals surface area (Å²) in [6, 6.07) is 23.0. The molecule has 0 fully saturated rings. The van der Waals surface area contributed by atoms with Gasteiger partial charge < -0.3 is 19.7 Å². The topological polar surface area (TPSA) is 276 Å². The number of fused-ring (bicyclic) bond motifs is 4. The third-order valence-electron chi connectivity index (χ3n) is 13.7. The van der Waals surface area contributed by atoms with Gasteiger partial charge in [-0.25, -0.2) is 8.42 Å². The molecule has 22 heteroatoms. The zero-order chi connectivity index (χ0) is 53.9. The number of unbranched alkanes of at least 4 members (excludes halogenated alkanes) is 2. The maximum absolute atomic E-state index is 13.7. The van der Waals surface area contributed by atoms with Gasteiger partial charge in [0, 0.05) is 78.0 Å². The van der Waals surface area contributed by atoms with E-state index in [0.717, 1.165) is 11.1 Å². The molecular formula is C52H58N4O14S4. The largest absolute Gasteiger partial charge is 0.744 e. The number of para-hydroxylation sites is 1. The fourth-order valence-electron chi connectivity index (χ4n) is 9.97. The van der Waals surface area contributed by atoms with Crippen molar-refractivity contribution < 1.29 is 66.0 Å². The summed E-state index contributed by atoms with van der Waals surface area (Å²) in [4.78, 5) is 29.5. The Kier molecular flexibility index (Phi) is 16.6. The van der Waals surface area contributed by atoms with Gasteiger partial charge in [-0.3, -0.25) is 23.2 Å². The lowest BCUT2D eigenvalue weighted by atomic mass is 9.77. The second kappa shape index (κ2) is 22.0. The van der Waals surface area contributed by atoms with Crippen molar-refractivity contribution in [2.45, 2.75) is 99.3 Å². The van der Waals surface area contributed by atoms with E-state index in [0.29, 0.717) is 77.4 Å². The highest BCUT2D eigenvalue weighted by Gasteiger charge is 2.46. The predicted octanol–water partition coefficient (Wildman–Crippen LogP) is 6.39. The van der Waals surface area contributed by atoms with Gasteiger partial charge in [-0.15, -0.1) is 0 Å². The molecule has 4 aromatic rings. The molecule has 0 saturated carbocycles. The first-order chi connectivity index (χ1) is 34.7. The average Bonchev–Trinajstić information content (AvgIpc) is 3.66. The molecule has 0 radical (unpaired) electrons. The van der Waals surface area contributed by atoms with Crippen molar-refractivity contribution in [1.29, 1.82) is 0 Å². The van der Waals surface area contributed by atoms with Gasteiger partial charge in [0.2, 0.25) is 17.5 Å². The fourth-order valence-corrected chi connectivity index (χ4v) is 12.0. The van der Waals surface area contributed by atoms with Crippen molar-refractivity contribution in [2.24, 2.45) is 0 Å². The molecule has 3 aliphatic heterocycles. The van der Waals surface area contributed by atoms with Crippen LogP contribution in [0.1, 0.15) is 100.0 Å². The molecule has 0 saturated heterocycles. The van der Waals surface area contributed by atoms with Gasteiger partial charge in [-0.1, -0.05) is 61.1 Å². The van der Waals surface area contributed by atoms with Crippen LogP contribution in [0, 0.1) is 11.8 Å². The van der Waals surface area contributed by atoms with Crippen LogP contribution in [0.5, 0.6) is 0 Å². The van der Waals surface area contributed by atoms with E-state index in [-0.39, 0.29) is 62.0 Å². The number of benzene rings is 4. The first-order valence-electron chi connectivity index (χ1n) is 23.9. The van der Waals surface area contributed by atoms with Gasteiger partial charge in [0.15, 0.2) is 5.71 Å². The number of carbonyl (C=O) groups excluding carboxylic acids is 2. The van der Waals surface area contributed by atoms with Gasteiger partial charge in [-0.2, -0.15) is 29.8 Å². The van der Waals surface area contributed by atoms with Crippen LogP contribution in [0.25, 0.3) is 0 Å². The van der Waals surface area contributed by atoms with E-state index in [4.69, 9.17) is 0 Å². The van der Waals surface area contributed by atoms with Crippen molar-refractivity contribution in [2.75, 3.05) is 40.9 Å². The lowest BCUT2D eigenvalue weighted by Crippen LogP contribution is -2.35. The summed E-state index contributed by atoms with van der Waals surface area (Å²) in [6.07, 6.45) is 7.11. The molecule has 2 amide bonds. The van der Waals surface area contributed by atoms with Crippen LogP contribution >= 0.6 is 0 Å². The Hall–Kier alpha value is -6.03. The van der Waals surface area contributed by atoms with Gasteiger partial charge in [0.1, 0.15) is 16.7 Å². The zero-order valence-corrected chi connectivity index (χ0v) is 44.3. The van der Waals surface area contributed by atoms with Crippen LogP contribution in [-0.2, 0) is 67.4 Å². The Morgan fingerprint density at radius 1 is 0.743 bits per heavy atom. The quantitative estimate of drug-likeness (QED) is 0.0305. The molecule has 4 aromatic carbocycles. The van der Waals surface area contributed by atoms with Crippen LogP contribution in [0.2, 0.25) is 0 Å². The van der Waals surface area contributed by atoms with Crippen LogP contribution in [0.4, 0.5) is 17.1 Å². The Bertz CT molecular complexity index is 3510. The number of amides is 2. The molecule has 1 unspecified atom stereocenters. The summed E-state index contributed by atoms with van der Waals surface area (Å²) in [5.41, 5.74) is 4.29. The second-order valence-corrected chi connectivity index (χ2v) is 25.1. The third-order valence-corrected chi connectivity index (χ3v) is 16.9. The molecule has 0 aromatic heterocycles. The summed E-state index contributed by atoms with van der Waals surface area (Å²) in [5, 5.41) is 2.86. The molecule has 0 spiro atoms. The monoisotopic (exact) mass is 1090 g/mol. The molecule has 0 aliphatic carbocycles. The molecule has 3 heterocycles. The van der Waals surface area contributed by atoms with Crippen molar-refractivity contribution >= 4 is 75.1 Å². The molecule has 0 bridgehead atoms. The van der Waals surface area contributed by atoms with Gasteiger partial charge in [-0.05, 0) is 106 Å². The highest BCUT2D eigenvalue weighted by molar-refractivity contribution is 7.86. The summed E-state index contributed by atoms with van der Waals surface area (Å²) >= 11 is 0. The Labute approximate surface area is 432 Å². The van der Waals surface area contributed by atoms with E-state index >= 15 is 0 Å². The van der Waals surface area contributed by atoms with Crippen LogP contribution < -0.4 is 15.1 Å². The van der Waals surface area contributed by atoms with E-state index in [1.807, 2.05) is 69.3 Å².